The van der Waals surface area contributed by atoms with Crippen molar-refractivity contribution in [2.75, 3.05) is 0 Å². The Morgan fingerprint density at radius 1 is 1.30 bits per heavy atom. The summed E-state index contributed by atoms with van der Waals surface area (Å²) in [5, 5.41) is 13.0. The van der Waals surface area contributed by atoms with Crippen LogP contribution in [-0.4, -0.2) is 24.8 Å². The fraction of sp³-hybridized carbons (Fsp3) is 0.611. The lowest BCUT2D eigenvalue weighted by Crippen LogP contribution is -2.22. The minimum atomic E-state index is 0.152. The van der Waals surface area contributed by atoms with Gasteiger partial charge < -0.3 is 0 Å². The molecule has 3 rings (SSSR count). The fourth-order valence-electron chi connectivity index (χ4n) is 3.64. The van der Waals surface area contributed by atoms with Crippen LogP contribution in [0.3, 0.4) is 0 Å². The molecule has 1 atom stereocenters. The smallest absolute Gasteiger partial charge is 0.0868 e. The Labute approximate surface area is 138 Å². The second-order valence-corrected chi connectivity index (χ2v) is 7.49. The molecule has 0 aliphatic heterocycles. The number of nitrogens with zero attached hydrogens (tertiary/aromatic N) is 5. The summed E-state index contributed by atoms with van der Waals surface area (Å²) in [5.41, 5.74) is 5.57. The van der Waals surface area contributed by atoms with Crippen molar-refractivity contribution in [2.45, 2.75) is 59.4 Å². The predicted octanol–water partition coefficient (Wildman–Crippen LogP) is 3.69. The normalized spacial score (nSPS) is 19.2. The predicted molar refractivity (Wildman–Crippen MR) is 91.1 cm³/mol. The fourth-order valence-corrected chi connectivity index (χ4v) is 3.64. The van der Waals surface area contributed by atoms with E-state index in [1.807, 2.05) is 28.8 Å². The van der Waals surface area contributed by atoms with Crippen LogP contribution in [0.4, 0.5) is 0 Å². The van der Waals surface area contributed by atoms with E-state index >= 15 is 0 Å². The maximum absolute atomic E-state index is 4.42. The molecule has 0 saturated heterocycles. The molecular formula is C18H27N5. The SMILES string of the molecule is CC1=C(Cc2cn([C@@H](C)c3cnn(C)c3)nn2)C(C)(C)CCC1. The molecule has 0 aromatic carbocycles. The van der Waals surface area contributed by atoms with Gasteiger partial charge in [-0.1, -0.05) is 30.2 Å². The van der Waals surface area contributed by atoms with Gasteiger partial charge in [0.15, 0.2) is 0 Å². The molecule has 5 heteroatoms. The van der Waals surface area contributed by atoms with Crippen LogP contribution >= 0.6 is 0 Å². The van der Waals surface area contributed by atoms with Gasteiger partial charge >= 0.3 is 0 Å². The molecule has 2 aromatic rings. The molecule has 0 fully saturated rings. The van der Waals surface area contributed by atoms with Crippen LogP contribution in [0, 0.1) is 5.41 Å². The summed E-state index contributed by atoms with van der Waals surface area (Å²) < 4.78 is 3.76. The summed E-state index contributed by atoms with van der Waals surface area (Å²) in [4.78, 5) is 0. The molecule has 0 unspecified atom stereocenters. The molecule has 2 heterocycles. The second-order valence-electron chi connectivity index (χ2n) is 7.49. The lowest BCUT2D eigenvalue weighted by molar-refractivity contribution is 0.358. The van der Waals surface area contributed by atoms with Crippen LogP contribution in [0.5, 0.6) is 0 Å². The van der Waals surface area contributed by atoms with Crippen LogP contribution in [-0.2, 0) is 13.5 Å². The molecule has 0 saturated carbocycles. The van der Waals surface area contributed by atoms with E-state index < -0.39 is 0 Å². The van der Waals surface area contributed by atoms with Gasteiger partial charge in [-0.3, -0.25) is 4.68 Å². The Morgan fingerprint density at radius 2 is 2.09 bits per heavy atom. The number of aromatic nitrogens is 5. The first-order valence-electron chi connectivity index (χ1n) is 8.45. The van der Waals surface area contributed by atoms with Gasteiger partial charge in [0, 0.05) is 31.4 Å². The summed E-state index contributed by atoms with van der Waals surface area (Å²) in [6.07, 6.45) is 10.7. The van der Waals surface area contributed by atoms with Crippen molar-refractivity contribution in [2.24, 2.45) is 12.5 Å². The molecule has 0 bridgehead atoms. The van der Waals surface area contributed by atoms with E-state index in [0.29, 0.717) is 0 Å². The van der Waals surface area contributed by atoms with Crippen molar-refractivity contribution in [3.63, 3.8) is 0 Å². The van der Waals surface area contributed by atoms with Gasteiger partial charge in [-0.25, -0.2) is 4.68 Å². The minimum Gasteiger partial charge on any atom is -0.275 e. The highest BCUT2D eigenvalue weighted by Crippen LogP contribution is 2.41. The lowest BCUT2D eigenvalue weighted by Gasteiger charge is -2.34. The first kappa shape index (κ1) is 16.0. The lowest BCUT2D eigenvalue weighted by atomic mass is 9.71. The molecule has 23 heavy (non-hydrogen) atoms. The molecule has 2 aromatic heterocycles. The van der Waals surface area contributed by atoms with E-state index in [2.05, 4.69) is 49.3 Å². The van der Waals surface area contributed by atoms with Gasteiger partial charge in [-0.2, -0.15) is 5.10 Å². The second kappa shape index (κ2) is 5.95. The number of allylic oxidation sites excluding steroid dienone is 2. The van der Waals surface area contributed by atoms with E-state index in [1.165, 1.54) is 24.8 Å². The topological polar surface area (TPSA) is 48.5 Å². The first-order valence-corrected chi connectivity index (χ1v) is 8.45. The van der Waals surface area contributed by atoms with E-state index in [0.717, 1.165) is 17.7 Å². The van der Waals surface area contributed by atoms with Crippen LogP contribution in [0.15, 0.2) is 29.7 Å². The van der Waals surface area contributed by atoms with Gasteiger partial charge in [0.1, 0.15) is 0 Å². The Kier molecular flexibility index (Phi) is 4.13. The Bertz CT molecular complexity index is 719. The highest BCUT2D eigenvalue weighted by molar-refractivity contribution is 5.26. The highest BCUT2D eigenvalue weighted by atomic mass is 15.4. The third-order valence-electron chi connectivity index (χ3n) is 5.21. The summed E-state index contributed by atoms with van der Waals surface area (Å²) in [6, 6.07) is 0.152. The number of rotatable bonds is 4. The highest BCUT2D eigenvalue weighted by Gasteiger charge is 2.29. The largest absolute Gasteiger partial charge is 0.275 e. The molecule has 124 valence electrons. The molecule has 0 N–H and O–H groups in total. The maximum atomic E-state index is 4.42. The molecule has 0 spiro atoms. The minimum absolute atomic E-state index is 0.152. The van der Waals surface area contributed by atoms with Gasteiger partial charge in [0.25, 0.3) is 0 Å². The van der Waals surface area contributed by atoms with Crippen molar-refractivity contribution in [3.8, 4) is 0 Å². The monoisotopic (exact) mass is 313 g/mol. The quantitative estimate of drug-likeness (QED) is 0.809. The molecule has 5 nitrogen and oxygen atoms in total. The van der Waals surface area contributed by atoms with Gasteiger partial charge in [-0.05, 0) is 38.5 Å². The van der Waals surface area contributed by atoms with E-state index in [9.17, 15) is 0 Å². The van der Waals surface area contributed by atoms with E-state index in [-0.39, 0.29) is 11.5 Å². The zero-order valence-corrected chi connectivity index (χ0v) is 14.9. The Morgan fingerprint density at radius 3 is 2.74 bits per heavy atom. The zero-order valence-electron chi connectivity index (χ0n) is 14.9. The van der Waals surface area contributed by atoms with Crippen LogP contribution < -0.4 is 0 Å². The first-order chi connectivity index (χ1) is 10.9. The molecule has 1 aliphatic carbocycles. The molecule has 0 amide bonds. The third kappa shape index (κ3) is 3.23. The van der Waals surface area contributed by atoms with Crippen molar-refractivity contribution >= 4 is 0 Å². The van der Waals surface area contributed by atoms with Gasteiger partial charge in [-0.15, -0.1) is 5.10 Å². The summed E-state index contributed by atoms with van der Waals surface area (Å²) in [7, 11) is 1.93. The van der Waals surface area contributed by atoms with E-state index in [4.69, 9.17) is 0 Å². The summed E-state index contributed by atoms with van der Waals surface area (Å²) >= 11 is 0. The summed E-state index contributed by atoms with van der Waals surface area (Å²) in [6.45, 7) is 9.12. The zero-order chi connectivity index (χ0) is 16.6. The van der Waals surface area contributed by atoms with Gasteiger partial charge in [0.2, 0.25) is 0 Å². The summed E-state index contributed by atoms with van der Waals surface area (Å²) in [5.74, 6) is 0. The average molecular weight is 313 g/mol. The standard InChI is InChI=1S/C18H27N5/c1-13-7-6-8-18(3,4)17(13)9-16-12-23(21-20-16)14(2)15-10-19-22(5)11-15/h10-12,14H,6-9H2,1-5H3/t14-/m0/s1. The van der Waals surface area contributed by atoms with Crippen LogP contribution in [0.25, 0.3) is 0 Å². The number of hydrogen-bond donors (Lipinski definition) is 0. The van der Waals surface area contributed by atoms with Gasteiger partial charge in [0.05, 0.1) is 17.9 Å². The third-order valence-corrected chi connectivity index (χ3v) is 5.21. The van der Waals surface area contributed by atoms with Crippen molar-refractivity contribution in [1.82, 2.24) is 24.8 Å². The Hall–Kier alpha value is -1.91. The number of aryl methyl sites for hydroxylation is 1. The van der Waals surface area contributed by atoms with E-state index in [1.54, 1.807) is 5.57 Å². The van der Waals surface area contributed by atoms with Crippen LogP contribution in [0.2, 0.25) is 0 Å². The Balaban J connectivity index is 1.80. The van der Waals surface area contributed by atoms with Crippen molar-refractivity contribution in [1.29, 1.82) is 0 Å². The maximum Gasteiger partial charge on any atom is 0.0868 e. The molecular weight excluding hydrogens is 286 g/mol. The van der Waals surface area contributed by atoms with Crippen molar-refractivity contribution in [3.05, 3.63) is 41.0 Å². The van der Waals surface area contributed by atoms with Crippen molar-refractivity contribution < 1.29 is 0 Å². The molecule has 1 aliphatic rings. The molecule has 0 radical (unpaired) electrons. The van der Waals surface area contributed by atoms with Crippen LogP contribution in [0.1, 0.15) is 64.3 Å². The average Bonchev–Trinajstić information content (AvgIpc) is 3.11. The number of hydrogen-bond acceptors (Lipinski definition) is 3.